The Morgan fingerprint density at radius 3 is 2.48 bits per heavy atom. The highest BCUT2D eigenvalue weighted by molar-refractivity contribution is 6.06. The number of ether oxygens (including phenoxy) is 3. The number of anilines is 1. The molecule has 4 aliphatic rings. The maximum absolute atomic E-state index is 13.4. The Hall–Kier alpha value is -1.47. The van der Waals surface area contributed by atoms with Crippen LogP contribution in [0.3, 0.4) is 0 Å². The molecule has 1 saturated carbocycles. The van der Waals surface area contributed by atoms with Crippen molar-refractivity contribution in [3.05, 3.63) is 29.8 Å². The minimum Gasteiger partial charge on any atom is -0.370 e. The van der Waals surface area contributed by atoms with Gasteiger partial charge >= 0.3 is 0 Å². The molecule has 1 aromatic carbocycles. The number of nitrogens with one attached hydrogen (secondary N) is 1. The Labute approximate surface area is 147 Å². The fraction of sp³-hybridized carbons (Fsp3) is 0.632. The Morgan fingerprint density at radius 2 is 1.76 bits per heavy atom. The van der Waals surface area contributed by atoms with Gasteiger partial charge in [0, 0.05) is 5.56 Å². The van der Waals surface area contributed by atoms with E-state index in [-0.39, 0.29) is 18.1 Å². The van der Waals surface area contributed by atoms with Crippen molar-refractivity contribution in [3.63, 3.8) is 0 Å². The van der Waals surface area contributed by atoms with E-state index < -0.39 is 5.79 Å². The molecule has 6 nitrogen and oxygen atoms in total. The van der Waals surface area contributed by atoms with E-state index >= 15 is 0 Å². The molecule has 3 fully saturated rings. The number of rotatable bonds is 2. The van der Waals surface area contributed by atoms with Gasteiger partial charge in [-0.1, -0.05) is 31.0 Å². The van der Waals surface area contributed by atoms with E-state index in [1.54, 1.807) is 0 Å². The van der Waals surface area contributed by atoms with Crippen molar-refractivity contribution in [2.24, 2.45) is 0 Å². The Bertz CT molecular complexity index is 659. The van der Waals surface area contributed by atoms with Crippen LogP contribution in [0.2, 0.25) is 0 Å². The second-order valence-corrected chi connectivity index (χ2v) is 7.48. The summed E-state index contributed by atoms with van der Waals surface area (Å²) in [5.74, 6) is -1.27. The molecule has 1 amide bonds. The van der Waals surface area contributed by atoms with E-state index in [1.807, 2.05) is 29.2 Å². The molecule has 3 heterocycles. The van der Waals surface area contributed by atoms with E-state index in [0.29, 0.717) is 6.67 Å². The highest BCUT2D eigenvalue weighted by Crippen LogP contribution is 2.50. The summed E-state index contributed by atoms with van der Waals surface area (Å²) >= 11 is 0. The fourth-order valence-electron chi connectivity index (χ4n) is 4.60. The van der Waals surface area contributed by atoms with Gasteiger partial charge in [-0.2, -0.15) is 0 Å². The van der Waals surface area contributed by atoms with Crippen LogP contribution >= 0.6 is 0 Å². The molecule has 1 unspecified atom stereocenters. The van der Waals surface area contributed by atoms with Gasteiger partial charge in [0.2, 0.25) is 0 Å². The SMILES string of the molecule is O=C1N(C[NH+]2CCOCC2)c2ccccc2C12O[C@H]1CCCC[C@H]1O2. The van der Waals surface area contributed by atoms with Crippen LogP contribution in [0.1, 0.15) is 31.2 Å². The third kappa shape index (κ3) is 2.43. The summed E-state index contributed by atoms with van der Waals surface area (Å²) in [5, 5.41) is 0. The van der Waals surface area contributed by atoms with E-state index in [9.17, 15) is 4.79 Å². The first kappa shape index (κ1) is 15.8. The minimum atomic E-state index is -1.22. The maximum Gasteiger partial charge on any atom is 0.296 e. The minimum absolute atomic E-state index is 0.0430. The predicted molar refractivity (Wildman–Crippen MR) is 90.2 cm³/mol. The highest BCUT2D eigenvalue weighted by Gasteiger charge is 2.61. The van der Waals surface area contributed by atoms with E-state index in [0.717, 1.165) is 63.2 Å². The average molecular weight is 345 g/mol. The van der Waals surface area contributed by atoms with Crippen molar-refractivity contribution >= 4 is 11.6 Å². The number of carbonyl (C=O) groups excluding carboxylic acids is 1. The number of hydrogen-bond acceptors (Lipinski definition) is 4. The lowest BCUT2D eigenvalue weighted by atomic mass is 9.95. The predicted octanol–water partition coefficient (Wildman–Crippen LogP) is 0.417. The van der Waals surface area contributed by atoms with Crippen LogP contribution in [-0.2, 0) is 24.8 Å². The number of para-hydroxylation sites is 1. The molecule has 25 heavy (non-hydrogen) atoms. The Morgan fingerprint density at radius 1 is 1.08 bits per heavy atom. The van der Waals surface area contributed by atoms with Gasteiger partial charge in [-0.3, -0.25) is 9.69 Å². The number of benzene rings is 1. The van der Waals surface area contributed by atoms with Crippen molar-refractivity contribution in [2.45, 2.75) is 43.7 Å². The largest absolute Gasteiger partial charge is 0.370 e. The van der Waals surface area contributed by atoms with Crippen molar-refractivity contribution in [3.8, 4) is 0 Å². The summed E-state index contributed by atoms with van der Waals surface area (Å²) in [5.41, 5.74) is 1.81. The highest BCUT2D eigenvalue weighted by atomic mass is 16.8. The quantitative estimate of drug-likeness (QED) is 0.844. The Kier molecular flexibility index (Phi) is 3.82. The molecule has 134 valence electrons. The Balaban J connectivity index is 1.48. The van der Waals surface area contributed by atoms with Crippen LogP contribution in [0.4, 0.5) is 5.69 Å². The van der Waals surface area contributed by atoms with Crippen LogP contribution in [0.15, 0.2) is 24.3 Å². The first-order valence-electron chi connectivity index (χ1n) is 9.46. The van der Waals surface area contributed by atoms with Gasteiger partial charge in [-0.15, -0.1) is 0 Å². The lowest BCUT2D eigenvalue weighted by Crippen LogP contribution is -3.15. The van der Waals surface area contributed by atoms with Crippen LogP contribution < -0.4 is 9.80 Å². The van der Waals surface area contributed by atoms with Crippen LogP contribution in [0.25, 0.3) is 0 Å². The lowest BCUT2D eigenvalue weighted by Gasteiger charge is -2.29. The standard InChI is InChI=1S/C19H24N2O4/c22-18-19(24-16-7-3-4-8-17(16)25-19)14-5-1-2-6-15(14)21(18)13-20-9-11-23-12-10-20/h1-2,5-6,16-17H,3-4,7-13H2/p+1/t16-,17+,19?. The van der Waals surface area contributed by atoms with Gasteiger partial charge in [0.1, 0.15) is 13.1 Å². The van der Waals surface area contributed by atoms with Gasteiger partial charge in [-0.05, 0) is 18.9 Å². The molecular weight excluding hydrogens is 320 g/mol. The molecule has 0 radical (unpaired) electrons. The third-order valence-electron chi connectivity index (χ3n) is 5.93. The van der Waals surface area contributed by atoms with Crippen molar-refractivity contribution in [2.75, 3.05) is 37.9 Å². The van der Waals surface area contributed by atoms with Crippen molar-refractivity contribution < 1.29 is 23.9 Å². The zero-order valence-corrected chi connectivity index (χ0v) is 14.4. The van der Waals surface area contributed by atoms with Crippen molar-refractivity contribution in [1.29, 1.82) is 0 Å². The van der Waals surface area contributed by atoms with Gasteiger partial charge in [-0.25, -0.2) is 0 Å². The number of quaternary nitrogens is 1. The molecule has 3 aliphatic heterocycles. The first-order valence-corrected chi connectivity index (χ1v) is 9.46. The number of carbonyl (C=O) groups is 1. The van der Waals surface area contributed by atoms with Gasteiger partial charge in [0.25, 0.3) is 11.7 Å². The number of fused-ring (bicyclic) bond motifs is 3. The second-order valence-electron chi connectivity index (χ2n) is 7.48. The molecule has 1 spiro atoms. The molecule has 3 atom stereocenters. The fourth-order valence-corrected chi connectivity index (χ4v) is 4.60. The average Bonchev–Trinajstić information content (AvgIpc) is 3.15. The van der Waals surface area contributed by atoms with Crippen LogP contribution in [0.5, 0.6) is 0 Å². The van der Waals surface area contributed by atoms with Gasteiger partial charge < -0.3 is 19.1 Å². The summed E-state index contributed by atoms with van der Waals surface area (Å²) in [6, 6.07) is 7.94. The molecule has 2 saturated heterocycles. The number of amides is 1. The molecule has 0 bridgehead atoms. The summed E-state index contributed by atoms with van der Waals surface area (Å²) in [6.45, 7) is 3.99. The molecule has 1 aliphatic carbocycles. The monoisotopic (exact) mass is 345 g/mol. The van der Waals surface area contributed by atoms with Crippen LogP contribution in [0, 0.1) is 0 Å². The van der Waals surface area contributed by atoms with E-state index in [1.165, 1.54) is 4.90 Å². The molecule has 1 N–H and O–H groups in total. The summed E-state index contributed by atoms with van der Waals surface area (Å²) in [6.07, 6.45) is 4.35. The zero-order valence-electron chi connectivity index (χ0n) is 14.4. The third-order valence-corrected chi connectivity index (χ3v) is 5.93. The van der Waals surface area contributed by atoms with Crippen LogP contribution in [-0.4, -0.2) is 51.1 Å². The summed E-state index contributed by atoms with van der Waals surface area (Å²) in [4.78, 5) is 16.7. The van der Waals surface area contributed by atoms with Crippen molar-refractivity contribution in [1.82, 2.24) is 0 Å². The first-order chi connectivity index (χ1) is 12.3. The smallest absolute Gasteiger partial charge is 0.296 e. The van der Waals surface area contributed by atoms with Gasteiger partial charge in [0.05, 0.1) is 31.1 Å². The molecule has 1 aromatic rings. The zero-order chi connectivity index (χ0) is 16.9. The number of hydrogen-bond donors (Lipinski definition) is 1. The summed E-state index contributed by atoms with van der Waals surface area (Å²) in [7, 11) is 0. The normalized spacial score (nSPS) is 35.2. The topological polar surface area (TPSA) is 52.4 Å². The molecule has 5 rings (SSSR count). The van der Waals surface area contributed by atoms with E-state index in [2.05, 4.69) is 0 Å². The lowest BCUT2D eigenvalue weighted by molar-refractivity contribution is -0.906. The van der Waals surface area contributed by atoms with E-state index in [4.69, 9.17) is 14.2 Å². The second kappa shape index (κ2) is 6.06. The van der Waals surface area contributed by atoms with Gasteiger partial charge in [0.15, 0.2) is 6.67 Å². The molecular formula is C19H25N2O4+. The molecule has 0 aromatic heterocycles. The molecule has 6 heteroatoms. The maximum atomic E-state index is 13.4. The summed E-state index contributed by atoms with van der Waals surface area (Å²) < 4.78 is 18.1. The number of morpholine rings is 1. The number of nitrogens with zero attached hydrogens (tertiary/aromatic N) is 1.